The summed E-state index contributed by atoms with van der Waals surface area (Å²) in [6, 6.07) is 11.6. The molecule has 0 radical (unpaired) electrons. The Morgan fingerprint density at radius 3 is 2.17 bits per heavy atom. The van der Waals surface area contributed by atoms with E-state index in [2.05, 4.69) is 4.85 Å². The van der Waals surface area contributed by atoms with E-state index >= 15 is 0 Å². The number of carbonyl (C=O) groups excluding carboxylic acids is 2. The number of nitrogens with zero attached hydrogens (tertiary/aromatic N) is 3. The van der Waals surface area contributed by atoms with Gasteiger partial charge in [-0.15, -0.1) is 0 Å². The Kier molecular flexibility index (Phi) is 9.08. The van der Waals surface area contributed by atoms with Gasteiger partial charge in [-0.3, -0.25) is 0 Å². The van der Waals surface area contributed by atoms with Gasteiger partial charge >= 0.3 is 12.2 Å². The van der Waals surface area contributed by atoms with Crippen LogP contribution in [0.5, 0.6) is 5.75 Å². The Hall–Kier alpha value is -4.04. The van der Waals surface area contributed by atoms with Gasteiger partial charge in [0, 0.05) is 12.1 Å². The van der Waals surface area contributed by atoms with Crippen LogP contribution in [0.15, 0.2) is 36.0 Å². The molecular weight excluding hydrogens is 458 g/mol. The van der Waals surface area contributed by atoms with E-state index in [-0.39, 0.29) is 18.8 Å². The molecule has 0 spiro atoms. The van der Waals surface area contributed by atoms with Crippen molar-refractivity contribution in [3.05, 3.63) is 58.6 Å². The number of aryl methyl sites for hydroxylation is 1. The van der Waals surface area contributed by atoms with Gasteiger partial charge in [0.1, 0.15) is 17.0 Å². The van der Waals surface area contributed by atoms with Crippen molar-refractivity contribution in [2.24, 2.45) is 0 Å². The average molecular weight is 492 g/mol. The Bertz CT molecular complexity index is 1190. The fraction of sp³-hybridized carbons (Fsp3) is 0.429. The monoisotopic (exact) mass is 491 g/mol. The normalized spacial score (nSPS) is 11.9. The highest BCUT2D eigenvalue weighted by Gasteiger charge is 2.30. The summed E-state index contributed by atoms with van der Waals surface area (Å²) in [4.78, 5) is 29.5. The third kappa shape index (κ3) is 8.63. The zero-order valence-corrected chi connectivity index (χ0v) is 22.0. The summed E-state index contributed by atoms with van der Waals surface area (Å²) in [5.74, 6) is 0.491. The maximum absolute atomic E-state index is 12.7. The highest BCUT2D eigenvalue weighted by molar-refractivity contribution is 5.89. The molecule has 0 aliphatic rings. The van der Waals surface area contributed by atoms with Crippen molar-refractivity contribution < 1.29 is 23.8 Å². The summed E-state index contributed by atoms with van der Waals surface area (Å²) in [6.45, 7) is 19.7. The summed E-state index contributed by atoms with van der Waals surface area (Å²) < 4.78 is 16.8. The van der Waals surface area contributed by atoms with Crippen LogP contribution in [0.3, 0.4) is 0 Å². The molecule has 36 heavy (non-hydrogen) atoms. The minimum Gasteiger partial charge on any atom is -0.493 e. The number of benzene rings is 2. The second-order valence-electron chi connectivity index (χ2n) is 10.3. The second kappa shape index (κ2) is 11.6. The van der Waals surface area contributed by atoms with Crippen molar-refractivity contribution in [3.63, 3.8) is 0 Å². The molecule has 190 valence electrons. The molecule has 0 aliphatic heterocycles. The van der Waals surface area contributed by atoms with Gasteiger partial charge in [-0.25, -0.2) is 24.6 Å². The predicted molar refractivity (Wildman–Crippen MR) is 138 cm³/mol. The van der Waals surface area contributed by atoms with Gasteiger partial charge in [-0.1, -0.05) is 23.8 Å². The molecule has 0 N–H and O–H groups in total. The van der Waals surface area contributed by atoms with Crippen LogP contribution >= 0.6 is 0 Å². The van der Waals surface area contributed by atoms with E-state index < -0.39 is 23.4 Å². The van der Waals surface area contributed by atoms with E-state index in [1.165, 1.54) is 6.08 Å². The van der Waals surface area contributed by atoms with E-state index in [4.69, 9.17) is 20.8 Å². The quantitative estimate of drug-likeness (QED) is 0.249. The van der Waals surface area contributed by atoms with Crippen LogP contribution < -0.4 is 4.74 Å². The van der Waals surface area contributed by atoms with Gasteiger partial charge < -0.3 is 14.2 Å². The first-order valence-electron chi connectivity index (χ1n) is 11.6. The summed E-state index contributed by atoms with van der Waals surface area (Å²) in [7, 11) is 0. The lowest BCUT2D eigenvalue weighted by atomic mass is 10.0. The molecule has 2 aromatic carbocycles. The molecule has 0 saturated heterocycles. The van der Waals surface area contributed by atoms with E-state index in [0.29, 0.717) is 17.7 Å². The fourth-order valence-corrected chi connectivity index (χ4v) is 3.18. The maximum atomic E-state index is 12.7. The van der Waals surface area contributed by atoms with Crippen LogP contribution in [0.25, 0.3) is 21.7 Å². The molecule has 0 atom stereocenters. The van der Waals surface area contributed by atoms with Crippen LogP contribution in [0, 0.1) is 24.8 Å². The number of ether oxygens (including phenoxy) is 3. The standard InChI is InChI=1S/C28H33N3O5/c1-19-10-11-20-15-22(16-23(18-29)30-8)24(17-21(20)14-19)34-13-9-12-31(25(32)35-27(2,3)4)26(33)36-28(5,6)7/h10-11,14-17H,9,12-13H2,1-7H3/b23-16-. The Morgan fingerprint density at radius 1 is 1.03 bits per heavy atom. The molecule has 8 nitrogen and oxygen atoms in total. The topological polar surface area (TPSA) is 93.2 Å². The number of carbonyl (C=O) groups is 2. The van der Waals surface area contributed by atoms with Gasteiger partial charge in [0.2, 0.25) is 0 Å². The smallest absolute Gasteiger partial charge is 0.419 e. The van der Waals surface area contributed by atoms with Gasteiger partial charge in [0.15, 0.2) is 0 Å². The first-order valence-corrected chi connectivity index (χ1v) is 11.6. The van der Waals surface area contributed by atoms with Crippen molar-refractivity contribution in [2.75, 3.05) is 13.2 Å². The second-order valence-corrected chi connectivity index (χ2v) is 10.3. The molecule has 0 aromatic heterocycles. The first-order chi connectivity index (χ1) is 16.7. The lowest BCUT2D eigenvalue weighted by molar-refractivity contribution is 0.000796. The molecule has 0 aliphatic carbocycles. The van der Waals surface area contributed by atoms with Gasteiger partial charge in [-0.2, -0.15) is 0 Å². The molecule has 2 aromatic rings. The first kappa shape index (κ1) is 28.2. The van der Waals surface area contributed by atoms with Gasteiger partial charge in [-0.05, 0) is 83.9 Å². The lowest BCUT2D eigenvalue weighted by Crippen LogP contribution is -2.44. The molecule has 2 amide bonds. The molecule has 0 unspecified atom stereocenters. The van der Waals surface area contributed by atoms with Crippen LogP contribution in [-0.4, -0.2) is 41.4 Å². The Labute approximate surface area is 212 Å². The number of imide groups is 1. The third-order valence-corrected chi connectivity index (χ3v) is 4.66. The van der Waals surface area contributed by atoms with Crippen LogP contribution in [-0.2, 0) is 9.47 Å². The molecule has 0 bridgehead atoms. The molecule has 0 heterocycles. The minimum absolute atomic E-state index is 0.0210. The minimum atomic E-state index is -0.794. The summed E-state index contributed by atoms with van der Waals surface area (Å²) in [6.07, 6.45) is 0.200. The zero-order chi connectivity index (χ0) is 27.1. The number of hydrogen-bond donors (Lipinski definition) is 0. The van der Waals surface area contributed by atoms with Gasteiger partial charge in [0.05, 0.1) is 19.2 Å². The largest absolute Gasteiger partial charge is 0.493 e. The number of nitriles is 1. The van der Waals surface area contributed by atoms with Crippen LogP contribution in [0.2, 0.25) is 0 Å². The number of allylic oxidation sites excluding steroid dienone is 1. The number of hydrogen-bond acceptors (Lipinski definition) is 6. The van der Waals surface area contributed by atoms with Crippen molar-refractivity contribution in [1.82, 2.24) is 4.90 Å². The van der Waals surface area contributed by atoms with Crippen molar-refractivity contribution in [3.8, 4) is 11.8 Å². The van der Waals surface area contributed by atoms with Crippen molar-refractivity contribution in [1.29, 1.82) is 5.26 Å². The number of amides is 2. The fourth-order valence-electron chi connectivity index (χ4n) is 3.18. The van der Waals surface area contributed by atoms with E-state index in [9.17, 15) is 14.9 Å². The maximum Gasteiger partial charge on any atom is 0.419 e. The Morgan fingerprint density at radius 2 is 1.64 bits per heavy atom. The molecule has 0 fully saturated rings. The average Bonchev–Trinajstić information content (AvgIpc) is 2.74. The SMILES string of the molecule is [C-]#[N+]/C(C#N)=C\c1cc2ccc(C)cc2cc1OCCCN(C(=O)OC(C)(C)C)C(=O)OC(C)(C)C. The van der Waals surface area contributed by atoms with E-state index in [1.807, 2.05) is 43.3 Å². The number of rotatable bonds is 6. The molecular formula is C28H33N3O5. The Balaban J connectivity index is 2.24. The summed E-state index contributed by atoms with van der Waals surface area (Å²) >= 11 is 0. The van der Waals surface area contributed by atoms with E-state index in [1.54, 1.807) is 41.5 Å². The zero-order valence-electron chi connectivity index (χ0n) is 22.0. The van der Waals surface area contributed by atoms with E-state index in [0.717, 1.165) is 21.2 Å². The summed E-state index contributed by atoms with van der Waals surface area (Å²) in [5, 5.41) is 11.1. The lowest BCUT2D eigenvalue weighted by Gasteiger charge is -2.28. The highest BCUT2D eigenvalue weighted by Crippen LogP contribution is 2.29. The predicted octanol–water partition coefficient (Wildman–Crippen LogP) is 6.87. The summed E-state index contributed by atoms with van der Waals surface area (Å²) in [5.41, 5.74) is 0.0580. The number of fused-ring (bicyclic) bond motifs is 1. The molecule has 0 saturated carbocycles. The highest BCUT2D eigenvalue weighted by atomic mass is 16.6. The molecule has 8 heteroatoms. The van der Waals surface area contributed by atoms with Crippen LogP contribution in [0.4, 0.5) is 9.59 Å². The molecule has 2 rings (SSSR count). The van der Waals surface area contributed by atoms with Crippen molar-refractivity contribution in [2.45, 2.75) is 66.1 Å². The van der Waals surface area contributed by atoms with Crippen LogP contribution in [0.1, 0.15) is 59.1 Å². The van der Waals surface area contributed by atoms with Crippen molar-refractivity contribution >= 4 is 29.0 Å². The third-order valence-electron chi connectivity index (χ3n) is 4.66. The van der Waals surface area contributed by atoms with Gasteiger partial charge in [0.25, 0.3) is 5.70 Å².